The molecular weight excluding hydrogens is 264 g/mol. The van der Waals surface area contributed by atoms with E-state index in [2.05, 4.69) is 16.0 Å². The quantitative estimate of drug-likeness (QED) is 0.824. The molecule has 0 saturated carbocycles. The number of pyridine rings is 1. The monoisotopic (exact) mass is 284 g/mol. The van der Waals surface area contributed by atoms with Crippen LogP contribution < -0.4 is 16.4 Å². The van der Waals surface area contributed by atoms with E-state index in [0.29, 0.717) is 0 Å². The van der Waals surface area contributed by atoms with E-state index in [1.165, 1.54) is 0 Å². The number of anilines is 2. The van der Waals surface area contributed by atoms with Crippen molar-refractivity contribution in [2.75, 3.05) is 23.7 Å². The lowest BCUT2D eigenvalue weighted by Crippen LogP contribution is -2.38. The van der Waals surface area contributed by atoms with Gasteiger partial charge in [0.1, 0.15) is 0 Å². The van der Waals surface area contributed by atoms with Crippen LogP contribution in [0.5, 0.6) is 0 Å². The van der Waals surface area contributed by atoms with Gasteiger partial charge in [-0.15, -0.1) is 0 Å². The van der Waals surface area contributed by atoms with Crippen molar-refractivity contribution >= 4 is 28.2 Å². The van der Waals surface area contributed by atoms with Gasteiger partial charge in [0.05, 0.1) is 5.52 Å². The first kappa shape index (κ1) is 13.7. The number of amides is 1. The number of nitrogens with two attached hydrogens (primary N) is 2. The number of benzene rings is 1. The number of nitrogens with zero attached hydrogens (tertiary/aromatic N) is 2. The number of carbonyl (C=O) groups is 1. The van der Waals surface area contributed by atoms with Crippen LogP contribution in [0.25, 0.3) is 10.9 Å². The van der Waals surface area contributed by atoms with Crippen molar-refractivity contribution in [3.63, 3.8) is 0 Å². The molecule has 1 saturated heterocycles. The van der Waals surface area contributed by atoms with E-state index < -0.39 is 0 Å². The molecule has 110 valence electrons. The summed E-state index contributed by atoms with van der Waals surface area (Å²) in [5.74, 6) is -0.185. The minimum absolute atomic E-state index is 0.000479. The first-order valence-corrected chi connectivity index (χ1v) is 7.26. The average Bonchev–Trinajstić information content (AvgIpc) is 2.47. The molecule has 21 heavy (non-hydrogen) atoms. The van der Waals surface area contributed by atoms with Crippen molar-refractivity contribution in [2.45, 2.75) is 19.8 Å². The summed E-state index contributed by atoms with van der Waals surface area (Å²) in [4.78, 5) is 18.1. The van der Waals surface area contributed by atoms with E-state index in [0.717, 1.165) is 53.9 Å². The number of aromatic nitrogens is 1. The summed E-state index contributed by atoms with van der Waals surface area (Å²) < 4.78 is 0. The van der Waals surface area contributed by atoms with Crippen LogP contribution >= 0.6 is 0 Å². The second-order valence-electron chi connectivity index (χ2n) is 5.72. The van der Waals surface area contributed by atoms with Crippen LogP contribution in [-0.2, 0) is 4.79 Å². The summed E-state index contributed by atoms with van der Waals surface area (Å²) in [6, 6.07) is 7.89. The molecule has 1 aromatic heterocycles. The maximum Gasteiger partial charge on any atom is 0.220 e. The first-order valence-electron chi connectivity index (χ1n) is 7.26. The summed E-state index contributed by atoms with van der Waals surface area (Å²) >= 11 is 0. The summed E-state index contributed by atoms with van der Waals surface area (Å²) in [5, 5.41) is 1.07. The molecule has 1 fully saturated rings. The van der Waals surface area contributed by atoms with Crippen molar-refractivity contribution in [1.82, 2.24) is 4.98 Å². The van der Waals surface area contributed by atoms with Crippen LogP contribution in [0.15, 0.2) is 24.3 Å². The lowest BCUT2D eigenvalue weighted by Gasteiger charge is -2.33. The number of piperidine rings is 1. The SMILES string of the molecule is Cc1cc(N2CCC(C(N)=O)CC2)c2cc(N)ccc2n1. The van der Waals surface area contributed by atoms with E-state index >= 15 is 0 Å². The van der Waals surface area contributed by atoms with E-state index in [-0.39, 0.29) is 11.8 Å². The van der Waals surface area contributed by atoms with Crippen molar-refractivity contribution in [1.29, 1.82) is 0 Å². The Hall–Kier alpha value is -2.30. The number of aryl methyl sites for hydroxylation is 1. The van der Waals surface area contributed by atoms with Crippen molar-refractivity contribution in [2.24, 2.45) is 11.7 Å². The second-order valence-corrected chi connectivity index (χ2v) is 5.72. The molecule has 0 radical (unpaired) electrons. The third kappa shape index (κ3) is 2.63. The molecule has 0 bridgehead atoms. The van der Waals surface area contributed by atoms with Crippen LogP contribution in [0, 0.1) is 12.8 Å². The van der Waals surface area contributed by atoms with Gasteiger partial charge in [-0.25, -0.2) is 0 Å². The van der Waals surface area contributed by atoms with Crippen LogP contribution in [0.1, 0.15) is 18.5 Å². The Balaban J connectivity index is 1.97. The molecule has 0 unspecified atom stereocenters. The molecule has 1 aromatic carbocycles. The summed E-state index contributed by atoms with van der Waals surface area (Å²) in [5.41, 5.74) is 15.1. The molecule has 3 rings (SSSR count). The third-order valence-electron chi connectivity index (χ3n) is 4.18. The van der Waals surface area contributed by atoms with Crippen molar-refractivity contribution in [3.05, 3.63) is 30.0 Å². The average molecular weight is 284 g/mol. The maximum atomic E-state index is 11.3. The molecule has 2 heterocycles. The largest absolute Gasteiger partial charge is 0.399 e. The van der Waals surface area contributed by atoms with Gasteiger partial charge in [0.25, 0.3) is 0 Å². The number of fused-ring (bicyclic) bond motifs is 1. The summed E-state index contributed by atoms with van der Waals surface area (Å²) in [6.45, 7) is 3.66. The smallest absolute Gasteiger partial charge is 0.220 e. The fourth-order valence-corrected chi connectivity index (χ4v) is 3.02. The van der Waals surface area contributed by atoms with Gasteiger partial charge in [0.15, 0.2) is 0 Å². The molecule has 4 N–H and O–H groups in total. The van der Waals surface area contributed by atoms with E-state index in [9.17, 15) is 4.79 Å². The van der Waals surface area contributed by atoms with E-state index in [1.54, 1.807) is 0 Å². The van der Waals surface area contributed by atoms with Gasteiger partial charge in [-0.2, -0.15) is 0 Å². The van der Waals surface area contributed by atoms with Crippen LogP contribution in [0.2, 0.25) is 0 Å². The standard InChI is InChI=1S/C16H20N4O/c1-10-8-15(13-9-12(17)2-3-14(13)19-10)20-6-4-11(5-7-20)16(18)21/h2-3,8-9,11H,4-7,17H2,1H3,(H2,18,21). The fourth-order valence-electron chi connectivity index (χ4n) is 3.02. The molecule has 0 spiro atoms. The van der Waals surface area contributed by atoms with Crippen LogP contribution in [0.3, 0.4) is 0 Å². The number of rotatable bonds is 2. The molecule has 1 aliphatic heterocycles. The van der Waals surface area contributed by atoms with Crippen LogP contribution in [0.4, 0.5) is 11.4 Å². The number of nitrogen functional groups attached to an aromatic ring is 1. The Morgan fingerprint density at radius 3 is 2.67 bits per heavy atom. The predicted molar refractivity (Wildman–Crippen MR) is 85.0 cm³/mol. The van der Waals surface area contributed by atoms with E-state index in [1.807, 2.05) is 25.1 Å². The van der Waals surface area contributed by atoms with Crippen molar-refractivity contribution < 1.29 is 4.79 Å². The van der Waals surface area contributed by atoms with Gasteiger partial charge in [0, 0.05) is 41.5 Å². The highest BCUT2D eigenvalue weighted by molar-refractivity contribution is 5.94. The number of hydrogen-bond donors (Lipinski definition) is 2. The van der Waals surface area contributed by atoms with Gasteiger partial charge in [-0.3, -0.25) is 9.78 Å². The Bertz CT molecular complexity index is 690. The molecule has 5 nitrogen and oxygen atoms in total. The zero-order valence-electron chi connectivity index (χ0n) is 12.2. The maximum absolute atomic E-state index is 11.3. The predicted octanol–water partition coefficient (Wildman–Crippen LogP) is 1.83. The normalized spacial score (nSPS) is 16.3. The first-order chi connectivity index (χ1) is 10.0. The van der Waals surface area contributed by atoms with Gasteiger partial charge >= 0.3 is 0 Å². The Morgan fingerprint density at radius 2 is 2.00 bits per heavy atom. The van der Waals surface area contributed by atoms with E-state index in [4.69, 9.17) is 11.5 Å². The molecule has 0 atom stereocenters. The lowest BCUT2D eigenvalue weighted by molar-refractivity contribution is -0.122. The molecule has 2 aromatic rings. The topological polar surface area (TPSA) is 85.2 Å². The highest BCUT2D eigenvalue weighted by Gasteiger charge is 2.24. The van der Waals surface area contributed by atoms with Crippen molar-refractivity contribution in [3.8, 4) is 0 Å². The molecule has 0 aliphatic carbocycles. The Labute approximate surface area is 123 Å². The minimum Gasteiger partial charge on any atom is -0.399 e. The van der Waals surface area contributed by atoms with Gasteiger partial charge in [-0.1, -0.05) is 0 Å². The van der Waals surface area contributed by atoms with Gasteiger partial charge < -0.3 is 16.4 Å². The zero-order valence-corrected chi connectivity index (χ0v) is 12.2. The molecule has 1 aliphatic rings. The summed E-state index contributed by atoms with van der Waals surface area (Å²) in [6.07, 6.45) is 1.61. The molecule has 5 heteroatoms. The third-order valence-corrected chi connectivity index (χ3v) is 4.18. The Kier molecular flexibility index (Phi) is 3.41. The number of carbonyl (C=O) groups excluding carboxylic acids is 1. The highest BCUT2D eigenvalue weighted by Crippen LogP contribution is 2.31. The lowest BCUT2D eigenvalue weighted by atomic mass is 9.95. The minimum atomic E-state index is -0.185. The second kappa shape index (κ2) is 5.24. The van der Waals surface area contributed by atoms with Gasteiger partial charge in [-0.05, 0) is 44.0 Å². The fraction of sp³-hybridized carbons (Fsp3) is 0.375. The number of primary amides is 1. The summed E-state index contributed by atoms with van der Waals surface area (Å²) in [7, 11) is 0. The number of hydrogen-bond acceptors (Lipinski definition) is 4. The zero-order chi connectivity index (χ0) is 15.0. The Morgan fingerprint density at radius 1 is 1.29 bits per heavy atom. The van der Waals surface area contributed by atoms with Gasteiger partial charge in [0.2, 0.25) is 5.91 Å². The van der Waals surface area contributed by atoms with Crippen LogP contribution in [-0.4, -0.2) is 24.0 Å². The molecule has 1 amide bonds. The molecular formula is C16H20N4O. The highest BCUT2D eigenvalue weighted by atomic mass is 16.1.